The zero-order valence-corrected chi connectivity index (χ0v) is 28.8. The molecule has 0 amide bonds. The number of nitrogens with zero attached hydrogens (tertiary/aromatic N) is 6. The van der Waals surface area contributed by atoms with E-state index in [-0.39, 0.29) is 15.2 Å². The minimum absolute atomic E-state index is 0.208. The van der Waals surface area contributed by atoms with E-state index in [9.17, 15) is 0 Å². The van der Waals surface area contributed by atoms with Crippen LogP contribution in [0.5, 0.6) is 0 Å². The number of rotatable bonds is 6. The van der Waals surface area contributed by atoms with E-state index >= 15 is 0 Å². The number of allylic oxidation sites excluding steroid dienone is 4. The molecule has 0 unspecified atom stereocenters. The van der Waals surface area contributed by atoms with Gasteiger partial charge in [0.1, 0.15) is 0 Å². The Labute approximate surface area is 300 Å². The van der Waals surface area contributed by atoms with Crippen molar-refractivity contribution in [3.05, 3.63) is 163 Å². The Balaban J connectivity index is 1.04. The largest absolute Gasteiger partial charge is 0.298 e. The molecule has 1 radical (unpaired) electrons. The lowest BCUT2D eigenvalue weighted by Gasteiger charge is -2.11. The molecule has 0 spiro atoms. The number of fused-ring (bicyclic) bond motifs is 6. The van der Waals surface area contributed by atoms with Gasteiger partial charge in [-0.05, 0) is 42.7 Å². The molecule has 5 aromatic carbocycles. The number of aromatic nitrogens is 6. The zero-order valence-electron chi connectivity index (χ0n) is 27.7. The summed E-state index contributed by atoms with van der Waals surface area (Å²) in [5.41, 5.74) is 10.5. The lowest BCUT2D eigenvalue weighted by molar-refractivity contribution is 0.925. The molecule has 0 aliphatic heterocycles. The van der Waals surface area contributed by atoms with Gasteiger partial charge in [0.2, 0.25) is 0 Å². The van der Waals surface area contributed by atoms with Gasteiger partial charge in [-0.1, -0.05) is 133 Å². The molecule has 0 saturated heterocycles. The van der Waals surface area contributed by atoms with Crippen molar-refractivity contribution in [1.29, 1.82) is 0 Å². The van der Waals surface area contributed by atoms with Crippen molar-refractivity contribution < 1.29 is 0 Å². The number of hydrogen-bond acceptors (Lipinski definition) is 4. The van der Waals surface area contributed by atoms with Gasteiger partial charge >= 0.3 is 0 Å². The molecular formula is C44H30AlN6. The van der Waals surface area contributed by atoms with Gasteiger partial charge in [0.15, 0.2) is 11.6 Å². The predicted octanol–water partition coefficient (Wildman–Crippen LogP) is 8.47. The topological polar surface area (TPSA) is 60.4 Å². The molecule has 0 saturated carbocycles. The molecule has 6 nitrogen and oxygen atoms in total. The second-order valence-electron chi connectivity index (χ2n) is 13.0. The van der Waals surface area contributed by atoms with E-state index in [4.69, 9.17) is 20.2 Å². The highest BCUT2D eigenvalue weighted by molar-refractivity contribution is 6.67. The van der Waals surface area contributed by atoms with Crippen molar-refractivity contribution in [2.24, 2.45) is 0 Å². The SMILES string of the molecule is C1=CCCC(c2cc3c4ccccc4nc(-c4ccc[c]([Al][c]5cccc(-c6nc7ccccc7c7cc(-c8ccccc8)nn67)c5)c4)n3n2)=C1. The standard InChI is InChI=1S/C22H16N3.C22H14N3.Al/c2*1-3-9-16(10-4-1)20-15-21-18-13-7-8-14-19(18)23-22(25(21)24-20)17-11-5-2-6-12-17;/h1-3,5,7-9,11-15H,4,10H2;1-5,7-15H;. The summed E-state index contributed by atoms with van der Waals surface area (Å²) in [5, 5.41) is 12.4. The third kappa shape index (κ3) is 5.35. The summed E-state index contributed by atoms with van der Waals surface area (Å²) in [6.45, 7) is 0. The van der Waals surface area contributed by atoms with Crippen molar-refractivity contribution in [3.63, 3.8) is 0 Å². The van der Waals surface area contributed by atoms with Gasteiger partial charge in [0.05, 0.1) is 33.5 Å². The summed E-state index contributed by atoms with van der Waals surface area (Å²) >= 11 is -0.208. The van der Waals surface area contributed by atoms with Crippen LogP contribution in [0.2, 0.25) is 0 Å². The molecule has 9 aromatic rings. The molecule has 0 fully saturated rings. The molecule has 0 bridgehead atoms. The van der Waals surface area contributed by atoms with Crippen LogP contribution in [-0.4, -0.2) is 44.4 Å². The fraction of sp³-hybridized carbons (Fsp3) is 0.0455. The lowest BCUT2D eigenvalue weighted by Crippen LogP contribution is -2.27. The van der Waals surface area contributed by atoms with Crippen molar-refractivity contribution in [1.82, 2.24) is 29.2 Å². The summed E-state index contributed by atoms with van der Waals surface area (Å²) in [4.78, 5) is 10.3. The fourth-order valence-electron chi connectivity index (χ4n) is 7.19. The van der Waals surface area contributed by atoms with Gasteiger partial charge < -0.3 is 0 Å². The zero-order chi connectivity index (χ0) is 33.7. The molecule has 7 heteroatoms. The van der Waals surface area contributed by atoms with Crippen LogP contribution in [-0.2, 0) is 0 Å². The first-order valence-corrected chi connectivity index (χ1v) is 18.4. The van der Waals surface area contributed by atoms with Crippen molar-refractivity contribution in [3.8, 4) is 34.0 Å². The maximum absolute atomic E-state index is 5.17. The van der Waals surface area contributed by atoms with Crippen LogP contribution in [0.15, 0.2) is 158 Å². The second-order valence-corrected chi connectivity index (χ2v) is 14.6. The summed E-state index contributed by atoms with van der Waals surface area (Å²) in [5.74, 6) is 1.69. The van der Waals surface area contributed by atoms with Gasteiger partial charge in [-0.2, -0.15) is 10.2 Å². The highest BCUT2D eigenvalue weighted by atomic mass is 27.1. The second kappa shape index (κ2) is 12.3. The highest BCUT2D eigenvalue weighted by Crippen LogP contribution is 2.31. The van der Waals surface area contributed by atoms with E-state index < -0.39 is 0 Å². The van der Waals surface area contributed by atoms with Crippen LogP contribution in [0.1, 0.15) is 18.5 Å². The molecule has 1 aliphatic rings. The van der Waals surface area contributed by atoms with Gasteiger partial charge in [-0.3, -0.25) is 0 Å². The lowest BCUT2D eigenvalue weighted by atomic mass is 10.0. The molecular weight excluding hydrogens is 640 g/mol. The molecule has 0 atom stereocenters. The van der Waals surface area contributed by atoms with Crippen LogP contribution >= 0.6 is 0 Å². The van der Waals surface area contributed by atoms with E-state index in [1.165, 1.54) is 14.4 Å². The quantitative estimate of drug-likeness (QED) is 0.167. The average Bonchev–Trinajstić information content (AvgIpc) is 3.85. The summed E-state index contributed by atoms with van der Waals surface area (Å²) in [7, 11) is 0. The normalized spacial score (nSPS) is 13.0. The molecule has 51 heavy (non-hydrogen) atoms. The number of hydrogen-bond donors (Lipinski definition) is 0. The number of benzene rings is 5. The Bertz CT molecular complexity index is 2850. The molecule has 4 heterocycles. The highest BCUT2D eigenvalue weighted by Gasteiger charge is 2.18. The van der Waals surface area contributed by atoms with Crippen molar-refractivity contribution >= 4 is 62.5 Å². The fourth-order valence-corrected chi connectivity index (χ4v) is 8.52. The molecule has 10 rings (SSSR count). The maximum atomic E-state index is 5.17. The average molecular weight is 670 g/mol. The van der Waals surface area contributed by atoms with Crippen LogP contribution in [0.25, 0.3) is 72.4 Å². The van der Waals surface area contributed by atoms with E-state index in [0.29, 0.717) is 0 Å². The van der Waals surface area contributed by atoms with Gasteiger partial charge in [-0.25, -0.2) is 19.0 Å². The monoisotopic (exact) mass is 669 g/mol. The van der Waals surface area contributed by atoms with Crippen LogP contribution in [0.4, 0.5) is 0 Å². The Morgan fingerprint density at radius 1 is 0.510 bits per heavy atom. The Morgan fingerprint density at radius 3 is 1.67 bits per heavy atom. The van der Waals surface area contributed by atoms with Gasteiger partial charge in [-0.15, -0.1) is 8.85 Å². The van der Waals surface area contributed by atoms with Crippen LogP contribution < -0.4 is 8.85 Å². The van der Waals surface area contributed by atoms with Crippen molar-refractivity contribution in [2.45, 2.75) is 12.8 Å². The molecule has 1 aliphatic carbocycles. The summed E-state index contributed by atoms with van der Waals surface area (Å²) < 4.78 is 6.60. The van der Waals surface area contributed by atoms with Crippen molar-refractivity contribution in [2.75, 3.05) is 0 Å². The van der Waals surface area contributed by atoms with Gasteiger partial charge in [0.25, 0.3) is 15.2 Å². The van der Waals surface area contributed by atoms with Gasteiger partial charge in [0, 0.05) is 27.5 Å². The van der Waals surface area contributed by atoms with E-state index in [0.717, 1.165) is 85.4 Å². The van der Waals surface area contributed by atoms with Crippen LogP contribution in [0.3, 0.4) is 0 Å². The molecule has 239 valence electrons. The summed E-state index contributed by atoms with van der Waals surface area (Å²) in [6, 6.07) is 49.0. The predicted molar refractivity (Wildman–Crippen MR) is 209 cm³/mol. The van der Waals surface area contributed by atoms with E-state index in [1.54, 1.807) is 0 Å². The third-order valence-corrected chi connectivity index (χ3v) is 11.1. The Morgan fingerprint density at radius 2 is 1.06 bits per heavy atom. The minimum atomic E-state index is -0.208. The van der Waals surface area contributed by atoms with Crippen LogP contribution in [0, 0.1) is 0 Å². The number of para-hydroxylation sites is 2. The first-order chi connectivity index (χ1) is 25.2. The van der Waals surface area contributed by atoms with E-state index in [1.807, 2.05) is 21.2 Å². The molecule has 4 aromatic heterocycles. The summed E-state index contributed by atoms with van der Waals surface area (Å²) in [6.07, 6.45) is 8.57. The third-order valence-electron chi connectivity index (χ3n) is 9.67. The van der Waals surface area contributed by atoms with E-state index in [2.05, 4.69) is 146 Å². The Hall–Kier alpha value is -6.13. The first kappa shape index (κ1) is 29.8. The Kier molecular flexibility index (Phi) is 7.19. The smallest absolute Gasteiger partial charge is 0.228 e. The minimum Gasteiger partial charge on any atom is -0.228 e. The maximum Gasteiger partial charge on any atom is 0.298 e. The first-order valence-electron chi connectivity index (χ1n) is 17.3. The molecule has 0 N–H and O–H groups in total.